The number of amides is 4. The van der Waals surface area contributed by atoms with Gasteiger partial charge in [0.05, 0.1) is 0 Å². The van der Waals surface area contributed by atoms with E-state index in [1.807, 2.05) is 44.2 Å². The minimum atomic E-state index is -0.817. The summed E-state index contributed by atoms with van der Waals surface area (Å²) in [4.78, 5) is 62.5. The quantitative estimate of drug-likeness (QED) is 0.143. The Kier molecular flexibility index (Phi) is 15.0. The standard InChI is InChI=1S/C48H64N8O9/c1-29-27-35(33-21-25-56(26-22-33)40(51-43(59)64-47(9,10)11)52-44(60)65-48(12,13)14)28-30(2)36(29)38-54-53-37(61-38)34-17-15-31(16-18-34)32-19-23-55(24-20-32)39(49-41(57)62-45(3,4)5)50-42(58)63-46(6,7)8/h15-19,21,27-28H,20,22-26H2,1-14H3,(H,49,50,57,58)(H,51,52,59,60). The molecule has 17 nitrogen and oxygen atoms in total. The zero-order valence-electron chi connectivity index (χ0n) is 40.2. The number of ether oxygens (including phenoxy) is 4. The average Bonchev–Trinajstić information content (AvgIpc) is 3.64. The summed E-state index contributed by atoms with van der Waals surface area (Å²) in [5.41, 5.74) is 4.78. The number of nitrogens with zero attached hydrogens (tertiary/aromatic N) is 6. The molecule has 0 radical (unpaired) electrons. The van der Waals surface area contributed by atoms with Gasteiger partial charge in [-0.2, -0.15) is 0 Å². The zero-order valence-corrected chi connectivity index (χ0v) is 40.2. The highest BCUT2D eigenvalue weighted by atomic mass is 16.6. The van der Waals surface area contributed by atoms with Crippen LogP contribution in [0.5, 0.6) is 0 Å². The van der Waals surface area contributed by atoms with Gasteiger partial charge >= 0.3 is 24.4 Å². The lowest BCUT2D eigenvalue weighted by atomic mass is 9.92. The number of hydrogen-bond acceptors (Lipinski definition) is 11. The third kappa shape index (κ3) is 15.0. The van der Waals surface area contributed by atoms with Gasteiger partial charge in [-0.25, -0.2) is 19.2 Å². The van der Waals surface area contributed by atoms with Crippen LogP contribution < -0.4 is 10.6 Å². The Bertz CT molecular complexity index is 2360. The van der Waals surface area contributed by atoms with E-state index in [9.17, 15) is 19.2 Å². The molecule has 0 fully saturated rings. The summed E-state index contributed by atoms with van der Waals surface area (Å²) < 4.78 is 27.9. The molecular weight excluding hydrogens is 833 g/mol. The largest absolute Gasteiger partial charge is 0.444 e. The van der Waals surface area contributed by atoms with Crippen molar-refractivity contribution in [3.63, 3.8) is 0 Å². The number of guanidine groups is 2. The number of carbonyl (C=O) groups excluding carboxylic acids is 4. The van der Waals surface area contributed by atoms with E-state index in [0.717, 1.165) is 44.5 Å². The van der Waals surface area contributed by atoms with E-state index >= 15 is 0 Å². The van der Waals surface area contributed by atoms with Crippen LogP contribution in [0.25, 0.3) is 34.1 Å². The first-order chi connectivity index (χ1) is 30.1. The van der Waals surface area contributed by atoms with Crippen molar-refractivity contribution in [2.75, 3.05) is 26.2 Å². The van der Waals surface area contributed by atoms with Gasteiger partial charge in [0, 0.05) is 37.3 Å². The average molecular weight is 897 g/mol. The van der Waals surface area contributed by atoms with Gasteiger partial charge in [0.2, 0.25) is 23.7 Å². The summed E-state index contributed by atoms with van der Waals surface area (Å²) in [5, 5.41) is 14.1. The number of alkyl carbamates (subject to hydrolysis) is 2. The number of carbonyl (C=O) groups is 4. The number of nitrogens with one attached hydrogen (secondary N) is 2. The Morgan fingerprint density at radius 3 is 1.34 bits per heavy atom. The molecule has 5 rings (SSSR count). The molecule has 350 valence electrons. The second kappa shape index (κ2) is 19.7. The molecule has 4 amide bonds. The number of rotatable bonds is 4. The third-order valence-electron chi connectivity index (χ3n) is 9.47. The maximum Gasteiger partial charge on any atom is 0.437 e. The van der Waals surface area contributed by atoms with Gasteiger partial charge < -0.3 is 33.2 Å². The van der Waals surface area contributed by atoms with E-state index in [4.69, 9.17) is 23.4 Å². The van der Waals surface area contributed by atoms with Gasteiger partial charge in [0.25, 0.3) is 0 Å². The van der Waals surface area contributed by atoms with Crippen LogP contribution in [0, 0.1) is 13.8 Å². The summed E-state index contributed by atoms with van der Waals surface area (Å²) >= 11 is 0. The Morgan fingerprint density at radius 1 is 0.569 bits per heavy atom. The molecule has 0 atom stereocenters. The van der Waals surface area contributed by atoms with Crippen LogP contribution in [0.4, 0.5) is 19.2 Å². The van der Waals surface area contributed by atoms with Crippen molar-refractivity contribution >= 4 is 47.4 Å². The minimum absolute atomic E-state index is 0.0534. The number of aromatic nitrogens is 2. The van der Waals surface area contributed by atoms with Crippen molar-refractivity contribution in [1.29, 1.82) is 0 Å². The van der Waals surface area contributed by atoms with Gasteiger partial charge in [0.1, 0.15) is 22.4 Å². The van der Waals surface area contributed by atoms with E-state index in [-0.39, 0.29) is 11.9 Å². The molecule has 0 bridgehead atoms. The SMILES string of the molecule is Cc1cc(C2=CCN(/C(=N\C(=O)OC(C)(C)C)NC(=O)OC(C)(C)C)CC2)cc(C)c1-c1nnc(-c2ccc(C3=CCN(/C(=N/C(=O)OC(C)(C)C)NC(=O)OC(C)(C)C)CC3)cc2)o1. The van der Waals surface area contributed by atoms with E-state index in [2.05, 4.69) is 49.0 Å². The second-order valence-electron chi connectivity index (χ2n) is 19.9. The summed E-state index contributed by atoms with van der Waals surface area (Å²) in [6, 6.07) is 12.1. The molecule has 2 aromatic carbocycles. The maximum absolute atomic E-state index is 12.7. The predicted molar refractivity (Wildman–Crippen MR) is 249 cm³/mol. The lowest BCUT2D eigenvalue weighted by Crippen LogP contribution is -2.48. The van der Waals surface area contributed by atoms with Gasteiger partial charge in [0.15, 0.2) is 0 Å². The molecule has 0 aliphatic carbocycles. The fourth-order valence-corrected chi connectivity index (χ4v) is 6.89. The molecule has 2 N–H and O–H groups in total. The first-order valence-corrected chi connectivity index (χ1v) is 21.7. The molecule has 3 heterocycles. The van der Waals surface area contributed by atoms with E-state index in [0.29, 0.717) is 50.8 Å². The Balaban J connectivity index is 1.27. The molecule has 0 unspecified atom stereocenters. The van der Waals surface area contributed by atoms with E-state index < -0.39 is 46.8 Å². The van der Waals surface area contributed by atoms with Crippen molar-refractivity contribution in [3.05, 3.63) is 70.8 Å². The Labute approximate surface area is 381 Å². The smallest absolute Gasteiger partial charge is 0.437 e. The van der Waals surface area contributed by atoms with Crippen LogP contribution in [0.2, 0.25) is 0 Å². The second-order valence-corrected chi connectivity index (χ2v) is 19.9. The van der Waals surface area contributed by atoms with Crippen LogP contribution in [0.3, 0.4) is 0 Å². The van der Waals surface area contributed by atoms with Crippen LogP contribution >= 0.6 is 0 Å². The molecule has 17 heteroatoms. The zero-order chi connectivity index (χ0) is 48.1. The summed E-state index contributed by atoms with van der Waals surface area (Å²) in [7, 11) is 0. The number of benzene rings is 2. The van der Waals surface area contributed by atoms with E-state index in [1.54, 1.807) is 92.9 Å². The van der Waals surface area contributed by atoms with Crippen LogP contribution in [0.15, 0.2) is 63.0 Å². The topological polar surface area (TPSA) is 199 Å². The molecule has 2 aliphatic heterocycles. The molecular formula is C48H64N8O9. The maximum atomic E-state index is 12.7. The lowest BCUT2D eigenvalue weighted by molar-refractivity contribution is 0.0536. The normalized spacial score (nSPS) is 15.4. The van der Waals surface area contributed by atoms with Gasteiger partial charge in [-0.3, -0.25) is 10.6 Å². The molecule has 0 saturated carbocycles. The third-order valence-corrected chi connectivity index (χ3v) is 9.47. The predicted octanol–water partition coefficient (Wildman–Crippen LogP) is 9.83. The Morgan fingerprint density at radius 2 is 0.954 bits per heavy atom. The van der Waals surface area contributed by atoms with Crippen LogP contribution in [-0.2, 0) is 18.9 Å². The fraction of sp³-hybridized carbons (Fsp3) is 0.500. The summed E-state index contributed by atoms with van der Waals surface area (Å²) in [5.74, 6) is 0.898. The van der Waals surface area contributed by atoms with Gasteiger partial charge in [-0.15, -0.1) is 20.2 Å². The highest BCUT2D eigenvalue weighted by Crippen LogP contribution is 2.34. The summed E-state index contributed by atoms with van der Waals surface area (Å²) in [6.07, 6.45) is 2.24. The van der Waals surface area contributed by atoms with Crippen molar-refractivity contribution < 1.29 is 42.5 Å². The first kappa shape index (κ1) is 49.5. The molecule has 0 spiro atoms. The van der Waals surface area contributed by atoms with Crippen molar-refractivity contribution in [1.82, 2.24) is 30.6 Å². The van der Waals surface area contributed by atoms with Gasteiger partial charge in [-0.05, 0) is 155 Å². The summed E-state index contributed by atoms with van der Waals surface area (Å²) in [6.45, 7) is 26.7. The number of aryl methyl sites for hydroxylation is 2. The minimum Gasteiger partial charge on any atom is -0.444 e. The van der Waals surface area contributed by atoms with Crippen molar-refractivity contribution in [3.8, 4) is 22.9 Å². The molecule has 3 aromatic rings. The number of hydrogen-bond donors (Lipinski definition) is 2. The molecule has 1 aromatic heterocycles. The van der Waals surface area contributed by atoms with E-state index in [1.165, 1.54) is 0 Å². The molecule has 65 heavy (non-hydrogen) atoms. The van der Waals surface area contributed by atoms with Crippen molar-refractivity contribution in [2.24, 2.45) is 9.98 Å². The van der Waals surface area contributed by atoms with Crippen LogP contribution in [-0.4, -0.2) is 105 Å². The highest BCUT2D eigenvalue weighted by Gasteiger charge is 2.27. The monoisotopic (exact) mass is 896 g/mol. The van der Waals surface area contributed by atoms with Gasteiger partial charge in [-0.1, -0.05) is 36.4 Å². The highest BCUT2D eigenvalue weighted by molar-refractivity contribution is 6.00. The van der Waals surface area contributed by atoms with Crippen LogP contribution in [0.1, 0.15) is 118 Å². The molecule has 0 saturated heterocycles. The first-order valence-electron chi connectivity index (χ1n) is 21.7. The Hall–Kier alpha value is -6.52. The number of aliphatic imine (C=N–C) groups is 2. The fourth-order valence-electron chi connectivity index (χ4n) is 6.89. The van der Waals surface area contributed by atoms with Crippen molar-refractivity contribution in [2.45, 2.75) is 132 Å². The lowest BCUT2D eigenvalue weighted by Gasteiger charge is -2.30. The molecule has 2 aliphatic rings.